The molecule has 134 valence electrons. The van der Waals surface area contributed by atoms with Gasteiger partial charge in [-0.15, -0.1) is 0 Å². The first-order chi connectivity index (χ1) is 11.9. The minimum absolute atomic E-state index is 0.0129. The normalized spacial score (nSPS) is 11.8. The average Bonchev–Trinajstić information content (AvgIpc) is 2.57. The molecule has 1 aromatic heterocycles. The summed E-state index contributed by atoms with van der Waals surface area (Å²) < 4.78 is 20.7. The summed E-state index contributed by atoms with van der Waals surface area (Å²) >= 11 is 0. The van der Waals surface area contributed by atoms with Crippen LogP contribution in [0, 0.1) is 5.92 Å². The molecule has 0 fully saturated rings. The lowest BCUT2D eigenvalue weighted by atomic mass is 9.94. The molecule has 0 N–H and O–H groups in total. The fraction of sp³-hybridized carbons (Fsp3) is 0.389. The zero-order valence-electron chi connectivity index (χ0n) is 14.6. The summed E-state index contributed by atoms with van der Waals surface area (Å²) in [5, 5.41) is 0.512. The number of benzene rings is 1. The highest BCUT2D eigenvalue weighted by molar-refractivity contribution is 5.99. The van der Waals surface area contributed by atoms with Gasteiger partial charge in [-0.3, -0.25) is 9.59 Å². The average molecular weight is 348 g/mol. The molecule has 0 aliphatic rings. The van der Waals surface area contributed by atoms with Crippen LogP contribution in [0.15, 0.2) is 27.4 Å². The predicted molar refractivity (Wildman–Crippen MR) is 90.1 cm³/mol. The predicted octanol–water partition coefficient (Wildman–Crippen LogP) is 2.12. The van der Waals surface area contributed by atoms with E-state index in [0.717, 1.165) is 0 Å². The molecule has 1 aromatic carbocycles. The molecule has 2 rings (SSSR count). The number of carbonyl (C=O) groups is 2. The Labute approximate surface area is 144 Å². The van der Waals surface area contributed by atoms with Crippen LogP contribution in [0.25, 0.3) is 11.0 Å². The van der Waals surface area contributed by atoms with E-state index < -0.39 is 17.5 Å². The van der Waals surface area contributed by atoms with Crippen LogP contribution in [-0.2, 0) is 20.7 Å². The van der Waals surface area contributed by atoms with Crippen LogP contribution < -0.4 is 15.1 Å². The van der Waals surface area contributed by atoms with Gasteiger partial charge >= 0.3 is 11.6 Å². The molecule has 0 saturated heterocycles. The molecule has 7 heteroatoms. The van der Waals surface area contributed by atoms with Crippen molar-refractivity contribution in [3.63, 3.8) is 0 Å². The molecule has 1 atom stereocenters. The molecule has 0 aliphatic carbocycles. The van der Waals surface area contributed by atoms with Crippen molar-refractivity contribution in [1.29, 1.82) is 0 Å². The Kier molecular flexibility index (Phi) is 5.80. The number of ketones is 1. The molecule has 1 unspecified atom stereocenters. The fourth-order valence-corrected chi connectivity index (χ4v) is 2.61. The van der Waals surface area contributed by atoms with Crippen molar-refractivity contribution in [2.24, 2.45) is 5.92 Å². The van der Waals surface area contributed by atoms with E-state index in [4.69, 9.17) is 18.6 Å². The number of carbonyl (C=O) groups excluding carboxylic acids is 2. The third kappa shape index (κ3) is 3.99. The standard InChI is InChI=1S/C18H20O7/c1-5-24-18(21)13(10(2)19)6-11-7-16(20)25-15-9-12(22-3)8-14(23-4)17(11)15/h7-9,13H,5-6H2,1-4H3. The van der Waals surface area contributed by atoms with E-state index in [-0.39, 0.29) is 24.4 Å². The number of hydrogen-bond acceptors (Lipinski definition) is 7. The Balaban J connectivity index is 2.61. The van der Waals surface area contributed by atoms with Gasteiger partial charge in [-0.2, -0.15) is 0 Å². The van der Waals surface area contributed by atoms with Crippen molar-refractivity contribution >= 4 is 22.7 Å². The number of Topliss-reactive ketones (excluding diaryl/α,β-unsaturated/α-hetero) is 1. The third-order valence-corrected chi connectivity index (χ3v) is 3.80. The van der Waals surface area contributed by atoms with Gasteiger partial charge in [0, 0.05) is 18.2 Å². The van der Waals surface area contributed by atoms with Gasteiger partial charge < -0.3 is 18.6 Å². The Morgan fingerprint density at radius 2 is 1.88 bits per heavy atom. The van der Waals surface area contributed by atoms with Gasteiger partial charge in [0.2, 0.25) is 0 Å². The molecule has 0 amide bonds. The number of hydrogen-bond donors (Lipinski definition) is 0. The Morgan fingerprint density at radius 1 is 1.16 bits per heavy atom. The van der Waals surface area contributed by atoms with Crippen molar-refractivity contribution in [3.05, 3.63) is 34.2 Å². The number of methoxy groups -OCH3 is 2. The quantitative estimate of drug-likeness (QED) is 0.430. The minimum Gasteiger partial charge on any atom is -0.496 e. The van der Waals surface area contributed by atoms with Gasteiger partial charge in [0.25, 0.3) is 0 Å². The maximum absolute atomic E-state index is 12.1. The Bertz CT molecular complexity index is 850. The Hall–Kier alpha value is -2.83. The highest BCUT2D eigenvalue weighted by atomic mass is 16.5. The molecule has 0 aliphatic heterocycles. The van der Waals surface area contributed by atoms with Gasteiger partial charge in [0.05, 0.1) is 26.2 Å². The molecule has 0 spiro atoms. The zero-order chi connectivity index (χ0) is 18.6. The third-order valence-electron chi connectivity index (χ3n) is 3.80. The molecular weight excluding hydrogens is 328 g/mol. The summed E-state index contributed by atoms with van der Waals surface area (Å²) in [6.45, 7) is 3.15. The maximum Gasteiger partial charge on any atom is 0.336 e. The van der Waals surface area contributed by atoms with Crippen molar-refractivity contribution in [2.45, 2.75) is 20.3 Å². The summed E-state index contributed by atoms with van der Waals surface area (Å²) in [5.41, 5.74) is 0.132. The van der Waals surface area contributed by atoms with E-state index in [2.05, 4.69) is 0 Å². The van der Waals surface area contributed by atoms with Gasteiger partial charge in [0.1, 0.15) is 28.8 Å². The molecule has 0 saturated carbocycles. The summed E-state index contributed by atoms with van der Waals surface area (Å²) in [6.07, 6.45) is 0.0129. The maximum atomic E-state index is 12.1. The largest absolute Gasteiger partial charge is 0.496 e. The summed E-state index contributed by atoms with van der Waals surface area (Å²) in [4.78, 5) is 35.9. The highest BCUT2D eigenvalue weighted by Gasteiger charge is 2.27. The van der Waals surface area contributed by atoms with Crippen LogP contribution in [-0.4, -0.2) is 32.6 Å². The molecule has 7 nitrogen and oxygen atoms in total. The van der Waals surface area contributed by atoms with E-state index in [1.165, 1.54) is 27.2 Å². The summed E-state index contributed by atoms with van der Waals surface area (Å²) in [6, 6.07) is 4.45. The smallest absolute Gasteiger partial charge is 0.336 e. The van der Waals surface area contributed by atoms with Crippen LogP contribution in [0.4, 0.5) is 0 Å². The van der Waals surface area contributed by atoms with E-state index in [0.29, 0.717) is 22.4 Å². The van der Waals surface area contributed by atoms with Crippen LogP contribution >= 0.6 is 0 Å². The van der Waals surface area contributed by atoms with Gasteiger partial charge in [-0.1, -0.05) is 0 Å². The summed E-state index contributed by atoms with van der Waals surface area (Å²) in [7, 11) is 2.95. The van der Waals surface area contributed by atoms with Crippen LogP contribution in [0.1, 0.15) is 19.4 Å². The number of ether oxygens (including phenoxy) is 3. The van der Waals surface area contributed by atoms with Crippen molar-refractivity contribution in [2.75, 3.05) is 20.8 Å². The van der Waals surface area contributed by atoms with Gasteiger partial charge in [0.15, 0.2) is 0 Å². The molecule has 2 aromatic rings. The fourth-order valence-electron chi connectivity index (χ4n) is 2.61. The van der Waals surface area contributed by atoms with Crippen LogP contribution in [0.2, 0.25) is 0 Å². The van der Waals surface area contributed by atoms with E-state index in [1.54, 1.807) is 19.1 Å². The second-order valence-electron chi connectivity index (χ2n) is 5.41. The second kappa shape index (κ2) is 7.83. The lowest BCUT2D eigenvalue weighted by Crippen LogP contribution is -2.27. The van der Waals surface area contributed by atoms with E-state index >= 15 is 0 Å². The van der Waals surface area contributed by atoms with Crippen molar-refractivity contribution in [1.82, 2.24) is 0 Å². The van der Waals surface area contributed by atoms with Crippen LogP contribution in [0.3, 0.4) is 0 Å². The van der Waals surface area contributed by atoms with Gasteiger partial charge in [-0.25, -0.2) is 4.79 Å². The number of fused-ring (bicyclic) bond motifs is 1. The number of rotatable bonds is 7. The molecule has 1 heterocycles. The van der Waals surface area contributed by atoms with Crippen molar-refractivity contribution < 1.29 is 28.2 Å². The lowest BCUT2D eigenvalue weighted by Gasteiger charge is -2.15. The molecule has 0 radical (unpaired) electrons. The number of esters is 1. The van der Waals surface area contributed by atoms with E-state index in [1.807, 2.05) is 0 Å². The molecule has 0 bridgehead atoms. The van der Waals surface area contributed by atoms with Gasteiger partial charge in [-0.05, 0) is 25.8 Å². The van der Waals surface area contributed by atoms with E-state index in [9.17, 15) is 14.4 Å². The highest BCUT2D eigenvalue weighted by Crippen LogP contribution is 2.34. The first-order valence-corrected chi connectivity index (χ1v) is 7.77. The van der Waals surface area contributed by atoms with Crippen molar-refractivity contribution in [3.8, 4) is 11.5 Å². The Morgan fingerprint density at radius 3 is 2.44 bits per heavy atom. The SMILES string of the molecule is CCOC(=O)C(Cc1cc(=O)oc2cc(OC)cc(OC)c12)C(C)=O. The first kappa shape index (κ1) is 18.5. The molecular formula is C18H20O7. The second-order valence-corrected chi connectivity index (χ2v) is 5.41. The zero-order valence-corrected chi connectivity index (χ0v) is 14.6. The first-order valence-electron chi connectivity index (χ1n) is 7.77. The van der Waals surface area contributed by atoms with Crippen LogP contribution in [0.5, 0.6) is 11.5 Å². The monoisotopic (exact) mass is 348 g/mol. The minimum atomic E-state index is -1.00. The topological polar surface area (TPSA) is 92.0 Å². The summed E-state index contributed by atoms with van der Waals surface area (Å²) in [5.74, 6) is -1.09. The lowest BCUT2D eigenvalue weighted by molar-refractivity contribution is -0.151. The molecule has 25 heavy (non-hydrogen) atoms.